The first-order valence-electron chi connectivity index (χ1n) is 9.57. The summed E-state index contributed by atoms with van der Waals surface area (Å²) in [5.41, 5.74) is 0.822. The van der Waals surface area contributed by atoms with Gasteiger partial charge >= 0.3 is 12.2 Å². The highest BCUT2D eigenvalue weighted by molar-refractivity contribution is 5.93. The second-order valence-electron chi connectivity index (χ2n) is 7.32. The minimum atomic E-state index is -4.48. The van der Waals surface area contributed by atoms with Gasteiger partial charge in [-0.1, -0.05) is 0 Å². The van der Waals surface area contributed by atoms with Crippen molar-refractivity contribution in [2.45, 2.75) is 38.4 Å². The number of benzene rings is 1. The smallest absolute Gasteiger partial charge is 0.417 e. The maximum absolute atomic E-state index is 12.9. The van der Waals surface area contributed by atoms with Gasteiger partial charge in [0.05, 0.1) is 29.4 Å². The Morgan fingerprint density at radius 1 is 1.23 bits per heavy atom. The number of anilines is 2. The van der Waals surface area contributed by atoms with Crippen LogP contribution in [0.2, 0.25) is 0 Å². The summed E-state index contributed by atoms with van der Waals surface area (Å²) in [4.78, 5) is 22.0. The maximum Gasteiger partial charge on any atom is 0.417 e. The first-order valence-corrected chi connectivity index (χ1v) is 9.57. The molecule has 2 aromatic heterocycles. The summed E-state index contributed by atoms with van der Waals surface area (Å²) in [5, 5.41) is 9.05. The van der Waals surface area contributed by atoms with Crippen molar-refractivity contribution in [1.29, 1.82) is 5.26 Å². The van der Waals surface area contributed by atoms with Gasteiger partial charge in [0.2, 0.25) is 0 Å². The van der Waals surface area contributed by atoms with E-state index < -0.39 is 11.7 Å². The van der Waals surface area contributed by atoms with Crippen LogP contribution < -0.4 is 4.90 Å². The molecule has 0 aliphatic heterocycles. The second-order valence-corrected chi connectivity index (χ2v) is 7.32. The van der Waals surface area contributed by atoms with Crippen LogP contribution in [0.1, 0.15) is 58.8 Å². The molecule has 0 amide bonds. The van der Waals surface area contributed by atoms with E-state index in [1.807, 2.05) is 6.07 Å². The van der Waals surface area contributed by atoms with Gasteiger partial charge in [-0.15, -0.1) is 0 Å². The molecule has 0 N–H and O–H groups in total. The molecule has 0 unspecified atom stereocenters. The van der Waals surface area contributed by atoms with Gasteiger partial charge in [-0.25, -0.2) is 0 Å². The zero-order valence-electron chi connectivity index (χ0n) is 16.5. The van der Waals surface area contributed by atoms with Gasteiger partial charge in [-0.05, 0) is 49.2 Å². The number of oxazole rings is 1. The molecule has 0 spiro atoms. The molecule has 1 aliphatic carbocycles. The van der Waals surface area contributed by atoms with Gasteiger partial charge in [0.25, 0.3) is 0 Å². The molecule has 0 radical (unpaired) electrons. The fourth-order valence-corrected chi connectivity index (χ4v) is 3.14. The summed E-state index contributed by atoms with van der Waals surface area (Å²) in [6.07, 6.45) is -1.88. The third-order valence-corrected chi connectivity index (χ3v) is 4.93. The van der Waals surface area contributed by atoms with Crippen LogP contribution in [0.5, 0.6) is 0 Å². The zero-order valence-corrected chi connectivity index (χ0v) is 16.5. The Balaban J connectivity index is 1.72. The quantitative estimate of drug-likeness (QED) is 0.492. The third kappa shape index (κ3) is 4.43. The predicted molar refractivity (Wildman–Crippen MR) is 105 cm³/mol. The summed E-state index contributed by atoms with van der Waals surface area (Å²) in [6, 6.07) is 11.0. The van der Waals surface area contributed by atoms with Crippen molar-refractivity contribution < 1.29 is 22.4 Å². The number of hydrogen-bond acceptors (Lipinski definition) is 6. The lowest BCUT2D eigenvalue weighted by molar-refractivity contribution is -0.137. The highest BCUT2D eigenvalue weighted by atomic mass is 19.4. The molecule has 0 atom stereocenters. The Labute approximate surface area is 176 Å². The molecule has 1 saturated carbocycles. The first kappa shape index (κ1) is 20.6. The summed E-state index contributed by atoms with van der Waals surface area (Å²) < 4.78 is 44.5. The molecular weight excluding hydrogens is 409 g/mol. The Hall–Kier alpha value is -3.67. The molecule has 4 rings (SSSR count). The zero-order chi connectivity index (χ0) is 22.2. The van der Waals surface area contributed by atoms with Crippen molar-refractivity contribution in [2.75, 3.05) is 4.90 Å². The number of pyridine rings is 1. The highest BCUT2D eigenvalue weighted by Crippen LogP contribution is 2.44. The third-order valence-electron chi connectivity index (χ3n) is 4.93. The van der Waals surface area contributed by atoms with E-state index in [2.05, 4.69) is 9.97 Å². The van der Waals surface area contributed by atoms with E-state index in [-0.39, 0.29) is 30.0 Å². The SMILES string of the molecule is CC(=O)c1nc(N(Cc2ccc(C(F)(F)F)cn2)c2ccc(C#N)cc2)oc1C1CC1. The Kier molecular flexibility index (Phi) is 5.23. The molecule has 1 fully saturated rings. The molecule has 1 aromatic carbocycles. The molecule has 9 heteroatoms. The molecule has 2 heterocycles. The summed E-state index contributed by atoms with van der Waals surface area (Å²) >= 11 is 0. The van der Waals surface area contributed by atoms with Crippen LogP contribution in [-0.4, -0.2) is 15.8 Å². The van der Waals surface area contributed by atoms with Crippen LogP contribution in [0.25, 0.3) is 0 Å². The molecule has 0 bridgehead atoms. The molecule has 0 saturated heterocycles. The molecule has 1 aliphatic rings. The number of Topliss-reactive ketones (excluding diaryl/α,β-unsaturated/α-hetero) is 1. The van der Waals surface area contributed by atoms with Gasteiger partial charge in [0.1, 0.15) is 11.5 Å². The lowest BCUT2D eigenvalue weighted by atomic mass is 10.2. The fourth-order valence-electron chi connectivity index (χ4n) is 3.14. The Bertz CT molecular complexity index is 1140. The number of halogens is 3. The van der Waals surface area contributed by atoms with Gasteiger partial charge in [0.15, 0.2) is 5.78 Å². The van der Waals surface area contributed by atoms with Crippen molar-refractivity contribution in [1.82, 2.24) is 9.97 Å². The predicted octanol–water partition coefficient (Wildman–Crippen LogP) is 5.38. The number of ketones is 1. The average molecular weight is 426 g/mol. The van der Waals surface area contributed by atoms with Crippen molar-refractivity contribution in [2.24, 2.45) is 0 Å². The normalized spacial score (nSPS) is 13.6. The monoisotopic (exact) mass is 426 g/mol. The Morgan fingerprint density at radius 2 is 1.94 bits per heavy atom. The largest absolute Gasteiger partial charge is 0.427 e. The van der Waals surface area contributed by atoms with Crippen LogP contribution in [0.3, 0.4) is 0 Å². The molecule has 158 valence electrons. The van der Waals surface area contributed by atoms with E-state index in [1.165, 1.54) is 13.0 Å². The van der Waals surface area contributed by atoms with Crippen molar-refractivity contribution in [3.63, 3.8) is 0 Å². The highest BCUT2D eigenvalue weighted by Gasteiger charge is 2.34. The number of carbonyl (C=O) groups is 1. The van der Waals surface area contributed by atoms with E-state index in [9.17, 15) is 18.0 Å². The minimum Gasteiger partial charge on any atom is -0.427 e. The van der Waals surface area contributed by atoms with E-state index >= 15 is 0 Å². The summed E-state index contributed by atoms with van der Waals surface area (Å²) in [5.74, 6) is 0.456. The van der Waals surface area contributed by atoms with Crippen molar-refractivity contribution in [3.8, 4) is 6.07 Å². The van der Waals surface area contributed by atoms with Crippen molar-refractivity contribution in [3.05, 3.63) is 70.9 Å². The fraction of sp³-hybridized carbons (Fsp3) is 0.273. The molecule has 3 aromatic rings. The van der Waals surface area contributed by atoms with Gasteiger partial charge in [0, 0.05) is 24.7 Å². The van der Waals surface area contributed by atoms with Gasteiger partial charge in [-0.2, -0.15) is 23.4 Å². The van der Waals surface area contributed by atoms with Crippen LogP contribution in [0, 0.1) is 11.3 Å². The van der Waals surface area contributed by atoms with Gasteiger partial charge < -0.3 is 4.42 Å². The lowest BCUT2D eigenvalue weighted by Gasteiger charge is -2.20. The number of nitrogens with zero attached hydrogens (tertiary/aromatic N) is 4. The van der Waals surface area contributed by atoms with E-state index in [0.29, 0.717) is 22.7 Å². The average Bonchev–Trinajstić information content (AvgIpc) is 3.50. The maximum atomic E-state index is 12.9. The topological polar surface area (TPSA) is 83.0 Å². The minimum absolute atomic E-state index is 0.0615. The summed E-state index contributed by atoms with van der Waals surface area (Å²) in [7, 11) is 0. The van der Waals surface area contributed by atoms with Crippen molar-refractivity contribution >= 4 is 17.5 Å². The number of nitriles is 1. The number of aromatic nitrogens is 2. The second kappa shape index (κ2) is 7.87. The van der Waals surface area contributed by atoms with Crippen LogP contribution >= 0.6 is 0 Å². The first-order chi connectivity index (χ1) is 14.8. The van der Waals surface area contributed by atoms with E-state index in [1.54, 1.807) is 29.2 Å². The number of rotatable bonds is 6. The standard InChI is InChI=1S/C22H17F3N4O2/c1-13(30)19-20(15-4-5-15)31-21(28-19)29(18-8-2-14(10-26)3-9-18)12-17-7-6-16(11-27-17)22(23,24)25/h2-3,6-9,11,15H,4-5,12H2,1H3. The van der Waals surface area contributed by atoms with Gasteiger partial charge in [-0.3, -0.25) is 14.7 Å². The van der Waals surface area contributed by atoms with E-state index in [0.717, 1.165) is 25.1 Å². The number of alkyl halides is 3. The summed E-state index contributed by atoms with van der Waals surface area (Å²) in [6.45, 7) is 1.48. The number of hydrogen-bond donors (Lipinski definition) is 0. The lowest BCUT2D eigenvalue weighted by Crippen LogP contribution is -2.18. The van der Waals surface area contributed by atoms with Crippen LogP contribution in [-0.2, 0) is 12.7 Å². The molecular formula is C22H17F3N4O2. The number of carbonyl (C=O) groups excluding carboxylic acids is 1. The van der Waals surface area contributed by atoms with Crippen LogP contribution in [0.15, 0.2) is 47.0 Å². The molecule has 6 nitrogen and oxygen atoms in total. The van der Waals surface area contributed by atoms with E-state index in [4.69, 9.17) is 9.68 Å². The van der Waals surface area contributed by atoms with Crippen LogP contribution in [0.4, 0.5) is 24.9 Å². The molecule has 31 heavy (non-hydrogen) atoms. The Morgan fingerprint density at radius 3 is 2.45 bits per heavy atom.